The summed E-state index contributed by atoms with van der Waals surface area (Å²) < 4.78 is 31.8. The zero-order valence-electron chi connectivity index (χ0n) is 17.0. The van der Waals surface area contributed by atoms with Crippen LogP contribution < -0.4 is 15.4 Å². The molecule has 0 aliphatic heterocycles. The summed E-state index contributed by atoms with van der Waals surface area (Å²) in [7, 11) is -0.742. The maximum absolute atomic E-state index is 12.7. The molecule has 0 radical (unpaired) electrons. The molecule has 156 valence electrons. The van der Waals surface area contributed by atoms with Gasteiger partial charge in [0.05, 0.1) is 17.7 Å². The Labute approximate surface area is 170 Å². The molecule has 0 saturated carbocycles. The standard InChI is InChI=1S/C20H25N3O5S/c1-13(2)23(4)29(26,27)17-8-6-7-15(11-17)20(25)22-16-9-10-19(28-5)18(12-16)21-14(3)24/h6-13H,1-5H3,(H,21,24)(H,22,25). The van der Waals surface area contributed by atoms with Crippen LogP contribution in [0.4, 0.5) is 11.4 Å². The van der Waals surface area contributed by atoms with Crippen LogP contribution in [-0.4, -0.2) is 44.7 Å². The van der Waals surface area contributed by atoms with Crippen LogP contribution in [0.2, 0.25) is 0 Å². The molecule has 29 heavy (non-hydrogen) atoms. The first-order valence-corrected chi connectivity index (χ1v) is 10.4. The fraction of sp³-hybridized carbons (Fsp3) is 0.300. The van der Waals surface area contributed by atoms with Crippen molar-refractivity contribution in [1.82, 2.24) is 4.31 Å². The molecule has 0 saturated heterocycles. The summed E-state index contributed by atoms with van der Waals surface area (Å²) in [4.78, 5) is 24.0. The molecule has 0 aliphatic rings. The van der Waals surface area contributed by atoms with Crippen LogP contribution >= 0.6 is 0 Å². The van der Waals surface area contributed by atoms with Gasteiger partial charge in [0.1, 0.15) is 5.75 Å². The van der Waals surface area contributed by atoms with Gasteiger partial charge in [-0.2, -0.15) is 4.31 Å². The third-order valence-electron chi connectivity index (χ3n) is 4.27. The number of hydrogen-bond donors (Lipinski definition) is 2. The summed E-state index contributed by atoms with van der Waals surface area (Å²) in [6.07, 6.45) is 0. The van der Waals surface area contributed by atoms with E-state index in [1.807, 2.05) is 0 Å². The Morgan fingerprint density at radius 2 is 1.76 bits per heavy atom. The molecule has 0 aromatic heterocycles. The summed E-state index contributed by atoms with van der Waals surface area (Å²) in [6.45, 7) is 4.90. The van der Waals surface area contributed by atoms with Crippen molar-refractivity contribution >= 4 is 33.2 Å². The molecular weight excluding hydrogens is 394 g/mol. The summed E-state index contributed by atoms with van der Waals surface area (Å²) in [5, 5.41) is 5.33. The summed E-state index contributed by atoms with van der Waals surface area (Å²) in [5.41, 5.74) is 1.03. The Morgan fingerprint density at radius 1 is 1.07 bits per heavy atom. The van der Waals surface area contributed by atoms with Gasteiger partial charge in [-0.1, -0.05) is 6.07 Å². The maximum atomic E-state index is 12.7. The lowest BCUT2D eigenvalue weighted by Gasteiger charge is -2.21. The molecule has 2 aromatic rings. The Balaban J connectivity index is 2.29. The van der Waals surface area contributed by atoms with E-state index in [4.69, 9.17) is 4.74 Å². The fourth-order valence-electron chi connectivity index (χ4n) is 2.52. The Kier molecular flexibility index (Phi) is 6.99. The zero-order chi connectivity index (χ0) is 21.8. The van der Waals surface area contributed by atoms with Crippen LogP contribution in [0.15, 0.2) is 47.4 Å². The normalized spacial score (nSPS) is 11.4. The van der Waals surface area contributed by atoms with E-state index in [1.54, 1.807) is 32.0 Å². The second-order valence-electron chi connectivity index (χ2n) is 6.69. The lowest BCUT2D eigenvalue weighted by Crippen LogP contribution is -2.33. The number of sulfonamides is 1. The molecule has 2 aromatic carbocycles. The van der Waals surface area contributed by atoms with E-state index in [2.05, 4.69) is 10.6 Å². The number of ether oxygens (including phenoxy) is 1. The number of rotatable bonds is 7. The largest absolute Gasteiger partial charge is 0.495 e. The van der Waals surface area contributed by atoms with Crippen LogP contribution in [-0.2, 0) is 14.8 Å². The summed E-state index contributed by atoms with van der Waals surface area (Å²) >= 11 is 0. The smallest absolute Gasteiger partial charge is 0.255 e. The van der Waals surface area contributed by atoms with Gasteiger partial charge in [-0.25, -0.2) is 8.42 Å². The monoisotopic (exact) mass is 419 g/mol. The number of nitrogens with zero attached hydrogens (tertiary/aromatic N) is 1. The van der Waals surface area contributed by atoms with Gasteiger partial charge in [-0.15, -0.1) is 0 Å². The van der Waals surface area contributed by atoms with Gasteiger partial charge in [0.25, 0.3) is 5.91 Å². The van der Waals surface area contributed by atoms with Gasteiger partial charge in [0.15, 0.2) is 0 Å². The highest BCUT2D eigenvalue weighted by Gasteiger charge is 2.24. The minimum absolute atomic E-state index is 0.0371. The Hall–Kier alpha value is -2.91. The average Bonchev–Trinajstić information content (AvgIpc) is 2.67. The predicted octanol–water partition coefficient (Wildman–Crippen LogP) is 2.93. The number of carbonyl (C=O) groups is 2. The van der Waals surface area contributed by atoms with E-state index in [9.17, 15) is 18.0 Å². The third-order valence-corrected chi connectivity index (χ3v) is 6.30. The van der Waals surface area contributed by atoms with Crippen molar-refractivity contribution in [2.24, 2.45) is 0 Å². The van der Waals surface area contributed by atoms with Crippen molar-refractivity contribution in [3.63, 3.8) is 0 Å². The molecule has 0 unspecified atom stereocenters. The molecular formula is C20H25N3O5S. The molecule has 8 nitrogen and oxygen atoms in total. The van der Waals surface area contributed by atoms with E-state index < -0.39 is 15.9 Å². The number of carbonyl (C=O) groups excluding carboxylic acids is 2. The van der Waals surface area contributed by atoms with Crippen molar-refractivity contribution in [3.8, 4) is 5.75 Å². The second kappa shape index (κ2) is 9.06. The van der Waals surface area contributed by atoms with Crippen molar-refractivity contribution in [3.05, 3.63) is 48.0 Å². The third kappa shape index (κ3) is 5.33. The second-order valence-corrected chi connectivity index (χ2v) is 8.69. The molecule has 2 amide bonds. The van der Waals surface area contributed by atoms with E-state index in [0.29, 0.717) is 17.1 Å². The molecule has 0 aliphatic carbocycles. The Morgan fingerprint density at radius 3 is 2.34 bits per heavy atom. The van der Waals surface area contributed by atoms with Gasteiger partial charge in [0.2, 0.25) is 15.9 Å². The lowest BCUT2D eigenvalue weighted by molar-refractivity contribution is -0.114. The van der Waals surface area contributed by atoms with Gasteiger partial charge in [0, 0.05) is 31.3 Å². The molecule has 0 fully saturated rings. The number of benzene rings is 2. The highest BCUT2D eigenvalue weighted by atomic mass is 32.2. The highest BCUT2D eigenvalue weighted by molar-refractivity contribution is 7.89. The van der Waals surface area contributed by atoms with E-state index in [-0.39, 0.29) is 22.4 Å². The summed E-state index contributed by atoms with van der Waals surface area (Å²) in [5.74, 6) is -0.310. The van der Waals surface area contributed by atoms with Crippen LogP contribution in [0.3, 0.4) is 0 Å². The molecule has 0 spiro atoms. The van der Waals surface area contributed by atoms with Crippen molar-refractivity contribution in [2.45, 2.75) is 31.7 Å². The van der Waals surface area contributed by atoms with Crippen molar-refractivity contribution in [2.75, 3.05) is 24.8 Å². The van der Waals surface area contributed by atoms with Gasteiger partial charge >= 0.3 is 0 Å². The number of anilines is 2. The summed E-state index contributed by atoms with van der Waals surface area (Å²) in [6, 6.07) is 10.4. The first-order chi connectivity index (χ1) is 13.6. The molecule has 2 rings (SSSR count). The number of methoxy groups -OCH3 is 1. The predicted molar refractivity (Wildman–Crippen MR) is 112 cm³/mol. The van der Waals surface area contributed by atoms with E-state index in [1.165, 1.54) is 49.7 Å². The van der Waals surface area contributed by atoms with Crippen LogP contribution in [0.1, 0.15) is 31.1 Å². The van der Waals surface area contributed by atoms with Gasteiger partial charge in [-0.3, -0.25) is 9.59 Å². The fourth-order valence-corrected chi connectivity index (χ4v) is 3.93. The number of nitrogens with one attached hydrogen (secondary N) is 2. The first-order valence-electron chi connectivity index (χ1n) is 8.91. The van der Waals surface area contributed by atoms with Gasteiger partial charge < -0.3 is 15.4 Å². The topological polar surface area (TPSA) is 105 Å². The molecule has 9 heteroatoms. The van der Waals surface area contributed by atoms with Crippen LogP contribution in [0.25, 0.3) is 0 Å². The molecule has 2 N–H and O–H groups in total. The minimum atomic E-state index is -3.71. The van der Waals surface area contributed by atoms with Crippen molar-refractivity contribution in [1.29, 1.82) is 0 Å². The van der Waals surface area contributed by atoms with E-state index in [0.717, 1.165) is 0 Å². The van der Waals surface area contributed by atoms with Gasteiger partial charge in [-0.05, 0) is 50.2 Å². The highest BCUT2D eigenvalue weighted by Crippen LogP contribution is 2.28. The molecule has 0 bridgehead atoms. The van der Waals surface area contributed by atoms with Crippen LogP contribution in [0.5, 0.6) is 5.75 Å². The lowest BCUT2D eigenvalue weighted by atomic mass is 10.2. The SMILES string of the molecule is COc1ccc(NC(=O)c2cccc(S(=O)(=O)N(C)C(C)C)c2)cc1NC(C)=O. The number of hydrogen-bond acceptors (Lipinski definition) is 5. The van der Waals surface area contributed by atoms with E-state index >= 15 is 0 Å². The Bertz CT molecular complexity index is 1020. The first kappa shape index (κ1) is 22.4. The van der Waals surface area contributed by atoms with Crippen molar-refractivity contribution < 1.29 is 22.7 Å². The average molecular weight is 420 g/mol. The quantitative estimate of drug-likeness (QED) is 0.718. The molecule has 0 heterocycles. The zero-order valence-corrected chi connectivity index (χ0v) is 17.8. The molecule has 0 atom stereocenters. The minimum Gasteiger partial charge on any atom is -0.495 e. The maximum Gasteiger partial charge on any atom is 0.255 e. The van der Waals surface area contributed by atoms with Crippen LogP contribution in [0, 0.1) is 0 Å². The number of amides is 2.